The fraction of sp³-hybridized carbons (Fsp3) is 0.125. The second-order valence-electron chi connectivity index (χ2n) is 6.96. The number of carbonyl (C=O) groups is 1. The van der Waals surface area contributed by atoms with Crippen molar-refractivity contribution in [3.05, 3.63) is 71.2 Å². The van der Waals surface area contributed by atoms with E-state index in [0.717, 1.165) is 28.4 Å². The Kier molecular flexibility index (Phi) is 5.73. The van der Waals surface area contributed by atoms with Crippen LogP contribution in [0.5, 0.6) is 0 Å². The molecule has 1 heterocycles. The lowest BCUT2D eigenvalue weighted by atomic mass is 10.1. The van der Waals surface area contributed by atoms with Crippen LogP contribution < -0.4 is 4.31 Å². The number of para-hydroxylation sites is 1. The van der Waals surface area contributed by atoms with E-state index in [2.05, 4.69) is 23.5 Å². The molecule has 0 aliphatic rings. The van der Waals surface area contributed by atoms with Gasteiger partial charge in [-0.2, -0.15) is 0 Å². The van der Waals surface area contributed by atoms with Crippen LogP contribution in [-0.4, -0.2) is 26.4 Å². The second-order valence-corrected chi connectivity index (χ2v) is 8.81. The van der Waals surface area contributed by atoms with E-state index in [1.807, 2.05) is 30.3 Å². The van der Waals surface area contributed by atoms with Crippen LogP contribution >= 0.6 is 11.6 Å². The van der Waals surface area contributed by atoms with Gasteiger partial charge in [0.2, 0.25) is 0 Å². The first-order valence-electron chi connectivity index (χ1n) is 9.62. The Labute approximate surface area is 187 Å². The van der Waals surface area contributed by atoms with Gasteiger partial charge in [0.15, 0.2) is 11.0 Å². The molecule has 0 amide bonds. The molecule has 1 atom stereocenters. The Hall–Kier alpha value is -3.27. The maximum absolute atomic E-state index is 13.4. The second kappa shape index (κ2) is 8.46. The van der Waals surface area contributed by atoms with E-state index >= 15 is 0 Å². The molecule has 1 N–H and O–H groups in total. The first kappa shape index (κ1) is 21.0. The first-order chi connectivity index (χ1) is 14.9. The molecule has 1 unspecified atom stereocenters. The summed E-state index contributed by atoms with van der Waals surface area (Å²) < 4.78 is 16.9. The molecule has 4 aromatic rings. The van der Waals surface area contributed by atoms with E-state index in [4.69, 9.17) is 18.0 Å². The third-order valence-electron chi connectivity index (χ3n) is 5.08. The molecule has 0 radical (unpaired) electrons. The third kappa shape index (κ3) is 3.90. The smallest absolute Gasteiger partial charge is 0.324 e. The highest BCUT2D eigenvalue weighted by Gasteiger charge is 2.21. The number of hydrogen-bond acceptors (Lipinski definition) is 2. The topological polar surface area (TPSA) is 62.5 Å². The SMILES string of the molecule is C#Cc1cc(Cl)cc(S(=O)N(CC(=O)O)c2ccc3c(c2)c2ccccc2n3CC)c1. The maximum Gasteiger partial charge on any atom is 0.324 e. The molecule has 4 rings (SSSR count). The van der Waals surface area contributed by atoms with Crippen molar-refractivity contribution in [2.24, 2.45) is 0 Å². The summed E-state index contributed by atoms with van der Waals surface area (Å²) in [7, 11) is -1.82. The van der Waals surface area contributed by atoms with Gasteiger partial charge in [0.05, 0.1) is 10.6 Å². The molecule has 0 spiro atoms. The van der Waals surface area contributed by atoms with Crippen LogP contribution in [-0.2, 0) is 22.3 Å². The number of nitrogens with zero attached hydrogens (tertiary/aromatic N) is 2. The summed E-state index contributed by atoms with van der Waals surface area (Å²) in [6.07, 6.45) is 5.47. The highest BCUT2D eigenvalue weighted by molar-refractivity contribution is 7.86. The monoisotopic (exact) mass is 450 g/mol. The van der Waals surface area contributed by atoms with Crippen molar-refractivity contribution in [2.75, 3.05) is 10.8 Å². The van der Waals surface area contributed by atoms with Crippen LogP contribution in [0.1, 0.15) is 12.5 Å². The Morgan fingerprint density at radius 2 is 1.87 bits per heavy atom. The zero-order valence-electron chi connectivity index (χ0n) is 16.7. The van der Waals surface area contributed by atoms with Gasteiger partial charge in [-0.1, -0.05) is 35.7 Å². The Bertz CT molecular complexity index is 1390. The van der Waals surface area contributed by atoms with Crippen molar-refractivity contribution in [2.45, 2.75) is 18.4 Å². The van der Waals surface area contributed by atoms with Gasteiger partial charge < -0.3 is 9.67 Å². The van der Waals surface area contributed by atoms with Crippen LogP contribution in [0.15, 0.2) is 65.6 Å². The Morgan fingerprint density at radius 3 is 2.58 bits per heavy atom. The molecule has 3 aromatic carbocycles. The molecular weight excluding hydrogens is 432 g/mol. The summed E-state index contributed by atoms with van der Waals surface area (Å²) in [5, 5.41) is 11.9. The molecule has 0 saturated heterocycles. The number of terminal acetylenes is 1. The minimum Gasteiger partial charge on any atom is -0.480 e. The lowest BCUT2D eigenvalue weighted by molar-refractivity contribution is -0.135. The molecular formula is C24H19ClN2O3S. The summed E-state index contributed by atoms with van der Waals surface area (Å²) in [5.41, 5.74) is 3.14. The number of benzene rings is 3. The standard InChI is InChI=1S/C24H19ClN2O3S/c1-3-16-11-17(25)13-19(12-16)31(30)27(15-24(28)29)18-9-10-23-21(14-18)20-7-5-6-8-22(20)26(23)4-2/h1,5-14H,4,15H2,2H3,(H,28,29). The fourth-order valence-electron chi connectivity index (χ4n) is 3.78. The molecule has 156 valence electrons. The van der Waals surface area contributed by atoms with Gasteiger partial charge in [-0.15, -0.1) is 6.42 Å². The van der Waals surface area contributed by atoms with Crippen LogP contribution in [0.3, 0.4) is 0 Å². The van der Waals surface area contributed by atoms with Crippen molar-refractivity contribution in [3.8, 4) is 12.3 Å². The molecule has 1 aromatic heterocycles. The van der Waals surface area contributed by atoms with E-state index in [1.54, 1.807) is 18.2 Å². The van der Waals surface area contributed by atoms with Gasteiger partial charge in [0.1, 0.15) is 6.54 Å². The largest absolute Gasteiger partial charge is 0.480 e. The minimum absolute atomic E-state index is 0.343. The summed E-state index contributed by atoms with van der Waals surface area (Å²) in [5.74, 6) is 1.39. The highest BCUT2D eigenvalue weighted by Crippen LogP contribution is 2.33. The van der Waals surface area contributed by atoms with Crippen molar-refractivity contribution >= 4 is 56.0 Å². The van der Waals surface area contributed by atoms with Crippen LogP contribution in [0.25, 0.3) is 21.8 Å². The normalized spacial score (nSPS) is 12.0. The number of fused-ring (bicyclic) bond motifs is 3. The van der Waals surface area contributed by atoms with E-state index < -0.39 is 23.5 Å². The fourth-order valence-corrected chi connectivity index (χ4v) is 5.32. The van der Waals surface area contributed by atoms with Gasteiger partial charge in [-0.25, -0.2) is 4.21 Å². The van der Waals surface area contributed by atoms with E-state index in [9.17, 15) is 14.1 Å². The van der Waals surface area contributed by atoms with E-state index in [-0.39, 0.29) is 0 Å². The number of aromatic nitrogens is 1. The molecule has 0 bridgehead atoms. The predicted octanol–water partition coefficient (Wildman–Crippen LogP) is 5.06. The number of anilines is 1. The number of rotatable bonds is 6. The molecule has 0 aliphatic carbocycles. The Morgan fingerprint density at radius 1 is 1.13 bits per heavy atom. The molecule has 5 nitrogen and oxygen atoms in total. The summed E-state index contributed by atoms with van der Waals surface area (Å²) >= 11 is 6.12. The average molecular weight is 451 g/mol. The minimum atomic E-state index is -1.82. The zero-order chi connectivity index (χ0) is 22.1. The average Bonchev–Trinajstić information content (AvgIpc) is 3.09. The lowest BCUT2D eigenvalue weighted by Gasteiger charge is -2.22. The highest BCUT2D eigenvalue weighted by atomic mass is 35.5. The van der Waals surface area contributed by atoms with E-state index in [0.29, 0.717) is 21.2 Å². The number of halogens is 1. The molecule has 0 fully saturated rings. The van der Waals surface area contributed by atoms with Gasteiger partial charge in [-0.05, 0) is 49.4 Å². The number of aliphatic carboxylic acids is 1. The van der Waals surface area contributed by atoms with Crippen molar-refractivity contribution in [1.82, 2.24) is 4.57 Å². The van der Waals surface area contributed by atoms with Crippen LogP contribution in [0, 0.1) is 12.3 Å². The number of aryl methyl sites for hydroxylation is 1. The number of carboxylic acid groups (broad SMARTS) is 1. The summed E-state index contributed by atoms with van der Waals surface area (Å²) in [4.78, 5) is 11.9. The number of hydrogen-bond donors (Lipinski definition) is 1. The molecule has 31 heavy (non-hydrogen) atoms. The van der Waals surface area contributed by atoms with Crippen molar-refractivity contribution < 1.29 is 14.1 Å². The van der Waals surface area contributed by atoms with Crippen molar-refractivity contribution in [1.29, 1.82) is 0 Å². The molecule has 0 saturated carbocycles. The van der Waals surface area contributed by atoms with Crippen LogP contribution in [0.2, 0.25) is 5.02 Å². The summed E-state index contributed by atoms with van der Waals surface area (Å²) in [6, 6.07) is 18.4. The molecule has 0 aliphatic heterocycles. The Balaban J connectivity index is 1.88. The maximum atomic E-state index is 13.4. The number of carboxylic acids is 1. The molecule has 7 heteroatoms. The zero-order valence-corrected chi connectivity index (χ0v) is 18.3. The van der Waals surface area contributed by atoms with E-state index in [1.165, 1.54) is 10.4 Å². The quantitative estimate of drug-likeness (QED) is 0.417. The van der Waals surface area contributed by atoms with Gasteiger partial charge in [0.25, 0.3) is 0 Å². The lowest BCUT2D eigenvalue weighted by Crippen LogP contribution is -2.31. The summed E-state index contributed by atoms with van der Waals surface area (Å²) in [6.45, 7) is 2.43. The first-order valence-corrected chi connectivity index (χ1v) is 11.1. The predicted molar refractivity (Wildman–Crippen MR) is 126 cm³/mol. The van der Waals surface area contributed by atoms with Gasteiger partial charge in [0, 0.05) is 38.9 Å². The van der Waals surface area contributed by atoms with Crippen LogP contribution in [0.4, 0.5) is 5.69 Å². The van der Waals surface area contributed by atoms with Gasteiger partial charge >= 0.3 is 5.97 Å². The van der Waals surface area contributed by atoms with Gasteiger partial charge in [-0.3, -0.25) is 9.10 Å². The third-order valence-corrected chi connectivity index (χ3v) is 6.68. The van der Waals surface area contributed by atoms with Crippen molar-refractivity contribution in [3.63, 3.8) is 0 Å².